The molecule has 0 fully saturated rings. The minimum Gasteiger partial charge on any atom is -0.462 e. The number of hydrogen-bond donors (Lipinski definition) is 3. The van der Waals surface area contributed by atoms with E-state index in [0.717, 1.165) is 127 Å². The maximum absolute atomic E-state index is 13.1. The molecule has 0 rings (SSSR count). The zero-order valence-electron chi connectivity index (χ0n) is 67.1. The molecule has 0 aliphatic carbocycles. The lowest BCUT2D eigenvalue weighted by Crippen LogP contribution is -2.30. The summed E-state index contributed by atoms with van der Waals surface area (Å²) in [6, 6.07) is 0. The first-order valence-electron chi connectivity index (χ1n) is 42.8. The van der Waals surface area contributed by atoms with Crippen LogP contribution in [0.1, 0.15) is 420 Å². The van der Waals surface area contributed by atoms with E-state index >= 15 is 0 Å². The van der Waals surface area contributed by atoms with Crippen LogP contribution in [0.15, 0.2) is 24.3 Å². The minimum absolute atomic E-state index is 0.0849. The lowest BCUT2D eigenvalue weighted by molar-refractivity contribution is -0.161. The van der Waals surface area contributed by atoms with E-state index in [4.69, 9.17) is 37.0 Å². The third kappa shape index (κ3) is 76.1. The summed E-state index contributed by atoms with van der Waals surface area (Å²) >= 11 is 0. The first kappa shape index (κ1) is 101. The Morgan fingerprint density at radius 1 is 0.320 bits per heavy atom. The van der Waals surface area contributed by atoms with Gasteiger partial charge in [0.25, 0.3) is 0 Å². The van der Waals surface area contributed by atoms with Gasteiger partial charge >= 0.3 is 39.5 Å². The van der Waals surface area contributed by atoms with Crippen molar-refractivity contribution in [2.45, 2.75) is 439 Å². The van der Waals surface area contributed by atoms with Crippen molar-refractivity contribution in [3.05, 3.63) is 24.3 Å². The maximum Gasteiger partial charge on any atom is 0.472 e. The van der Waals surface area contributed by atoms with Crippen molar-refractivity contribution in [1.29, 1.82) is 0 Å². The van der Waals surface area contributed by atoms with E-state index in [1.807, 2.05) is 0 Å². The van der Waals surface area contributed by atoms with Gasteiger partial charge in [-0.3, -0.25) is 37.3 Å². The highest BCUT2D eigenvalue weighted by molar-refractivity contribution is 7.47. The Bertz CT molecular complexity index is 2070. The first-order chi connectivity index (χ1) is 49.9. The Hall–Kier alpha value is -2.46. The number of ether oxygens (including phenoxy) is 4. The lowest BCUT2D eigenvalue weighted by atomic mass is 9.99. The molecule has 6 atom stereocenters. The van der Waals surface area contributed by atoms with Crippen LogP contribution < -0.4 is 0 Å². The number of allylic oxidation sites excluding steroid dienone is 4. The summed E-state index contributed by atoms with van der Waals surface area (Å²) in [5, 5.41) is 10.6. The van der Waals surface area contributed by atoms with Crippen LogP contribution >= 0.6 is 15.6 Å². The topological polar surface area (TPSA) is 237 Å². The predicted molar refractivity (Wildman–Crippen MR) is 423 cm³/mol. The molecule has 19 heteroatoms. The van der Waals surface area contributed by atoms with Crippen LogP contribution in [0.5, 0.6) is 0 Å². The largest absolute Gasteiger partial charge is 0.472 e. The van der Waals surface area contributed by atoms with Crippen LogP contribution in [-0.4, -0.2) is 96.7 Å². The molecule has 608 valence electrons. The van der Waals surface area contributed by atoms with Crippen molar-refractivity contribution >= 4 is 39.5 Å². The van der Waals surface area contributed by atoms with Crippen LogP contribution in [0.2, 0.25) is 0 Å². The van der Waals surface area contributed by atoms with E-state index in [9.17, 15) is 43.2 Å². The number of rotatable bonds is 81. The van der Waals surface area contributed by atoms with E-state index in [1.54, 1.807) is 0 Å². The monoisotopic (exact) mass is 1500 g/mol. The summed E-state index contributed by atoms with van der Waals surface area (Å²) in [6.07, 6.45) is 69.0. The van der Waals surface area contributed by atoms with E-state index in [0.29, 0.717) is 25.7 Å². The number of carbonyl (C=O) groups is 4. The number of esters is 4. The fourth-order valence-electron chi connectivity index (χ4n) is 12.5. The standard InChI is InChI=1S/C84H160O17P2/c1-7-10-12-14-16-17-18-19-26-34-39-44-50-56-62-68-83(88)100-79(72-94-81(86)66-60-54-46-15-13-11-8-2)74-98-102(90,91)96-70-78(85)71-97-103(92,93)99-75-80(73-95-82(87)67-61-55-49-43-38-33-29-25-24-27-31-36-41-47-52-58-64-76(4)5)101-84(89)69-63-57-51-45-40-35-30-23-21-20-22-28-32-37-42-48-53-59-65-77(6)9-3/h17-19,26,76-80,85H,7-16,20-25,27-75H2,1-6H3,(H,90,91)(H,92,93)/b18-17-,26-19-/t77?,78-,79+,80+/m0/s1. The molecular weight excluding hydrogens is 1340 g/mol. The summed E-state index contributed by atoms with van der Waals surface area (Å²) in [4.78, 5) is 72.9. The van der Waals surface area contributed by atoms with Gasteiger partial charge in [-0.05, 0) is 63.2 Å². The van der Waals surface area contributed by atoms with Crippen LogP contribution in [0.25, 0.3) is 0 Å². The number of phosphoric acid groups is 2. The van der Waals surface area contributed by atoms with Crippen molar-refractivity contribution in [1.82, 2.24) is 0 Å². The molecule has 0 aliphatic rings. The normalized spacial score (nSPS) is 14.3. The van der Waals surface area contributed by atoms with Crippen molar-refractivity contribution in [2.75, 3.05) is 39.6 Å². The van der Waals surface area contributed by atoms with Crippen molar-refractivity contribution in [3.8, 4) is 0 Å². The number of aliphatic hydroxyl groups is 1. The highest BCUT2D eigenvalue weighted by atomic mass is 31.2. The van der Waals surface area contributed by atoms with E-state index < -0.39 is 97.5 Å². The molecule has 0 radical (unpaired) electrons. The summed E-state index contributed by atoms with van der Waals surface area (Å²) in [6.45, 7) is 9.64. The average molecular weight is 1500 g/mol. The summed E-state index contributed by atoms with van der Waals surface area (Å²) in [7, 11) is -9.93. The quantitative estimate of drug-likeness (QED) is 0.0169. The molecular formula is C84H160O17P2. The molecule has 0 heterocycles. The summed E-state index contributed by atoms with van der Waals surface area (Å²) in [5.41, 5.74) is 0. The van der Waals surface area contributed by atoms with E-state index in [1.165, 1.54) is 212 Å². The van der Waals surface area contributed by atoms with Gasteiger partial charge in [0.05, 0.1) is 26.4 Å². The minimum atomic E-state index is -4.97. The number of carbonyl (C=O) groups excluding carboxylic acids is 4. The molecule has 0 spiro atoms. The van der Waals surface area contributed by atoms with Gasteiger partial charge < -0.3 is 33.8 Å². The van der Waals surface area contributed by atoms with Gasteiger partial charge in [0.1, 0.15) is 19.3 Å². The van der Waals surface area contributed by atoms with Gasteiger partial charge in [-0.15, -0.1) is 0 Å². The SMILES string of the molecule is CCCCCC/C=C\C=C/CCCCCCCC(=O)O[C@H](COC(=O)CCCCCCCCC)COP(=O)(O)OC[C@H](O)COP(=O)(O)OC[C@@H](COC(=O)CCCCCCCCCCCCCCCCCCC(C)C)OC(=O)CCCCCCCCCCCCCCCCCCCCC(C)CC. The zero-order valence-corrected chi connectivity index (χ0v) is 68.9. The lowest BCUT2D eigenvalue weighted by Gasteiger charge is -2.21. The first-order valence-corrected chi connectivity index (χ1v) is 45.8. The number of phosphoric ester groups is 2. The molecule has 0 saturated heterocycles. The molecule has 0 amide bonds. The molecule has 3 unspecified atom stereocenters. The molecule has 0 aromatic carbocycles. The van der Waals surface area contributed by atoms with Gasteiger partial charge in [0, 0.05) is 25.7 Å². The Labute approximate surface area is 631 Å². The molecule has 17 nitrogen and oxygen atoms in total. The predicted octanol–water partition coefficient (Wildman–Crippen LogP) is 25.0. The molecule has 0 aromatic heterocycles. The van der Waals surface area contributed by atoms with Gasteiger partial charge in [0.2, 0.25) is 0 Å². The number of hydrogen-bond acceptors (Lipinski definition) is 15. The maximum atomic E-state index is 13.1. The number of unbranched alkanes of at least 4 members (excludes halogenated alkanes) is 47. The third-order valence-corrected chi connectivity index (χ3v) is 21.3. The Balaban J connectivity index is 5.19. The molecule has 0 aromatic rings. The highest BCUT2D eigenvalue weighted by Gasteiger charge is 2.30. The number of aliphatic hydroxyl groups excluding tert-OH is 1. The van der Waals surface area contributed by atoms with Crippen molar-refractivity contribution < 1.29 is 80.2 Å². The second-order valence-corrected chi connectivity index (χ2v) is 33.2. The Kier molecular flexibility index (Phi) is 73.2. The van der Waals surface area contributed by atoms with Crippen LogP contribution in [0, 0.1) is 11.8 Å². The Morgan fingerprint density at radius 2 is 0.573 bits per heavy atom. The summed E-state index contributed by atoms with van der Waals surface area (Å²) in [5.74, 6) is -0.460. The van der Waals surface area contributed by atoms with Crippen LogP contribution in [-0.2, 0) is 65.4 Å². The fraction of sp³-hybridized carbons (Fsp3) is 0.905. The smallest absolute Gasteiger partial charge is 0.462 e. The van der Waals surface area contributed by atoms with Crippen LogP contribution in [0.3, 0.4) is 0 Å². The molecule has 103 heavy (non-hydrogen) atoms. The van der Waals surface area contributed by atoms with Gasteiger partial charge in [-0.2, -0.15) is 0 Å². The molecule has 0 aliphatic heterocycles. The van der Waals surface area contributed by atoms with Gasteiger partial charge in [-0.1, -0.05) is 368 Å². The van der Waals surface area contributed by atoms with Crippen molar-refractivity contribution in [2.24, 2.45) is 11.8 Å². The van der Waals surface area contributed by atoms with Crippen molar-refractivity contribution in [3.63, 3.8) is 0 Å². The highest BCUT2D eigenvalue weighted by Crippen LogP contribution is 2.45. The Morgan fingerprint density at radius 3 is 0.874 bits per heavy atom. The fourth-order valence-corrected chi connectivity index (χ4v) is 14.1. The molecule has 0 saturated carbocycles. The second kappa shape index (κ2) is 75.0. The molecule has 3 N–H and O–H groups in total. The average Bonchev–Trinajstić information content (AvgIpc) is 0.910. The van der Waals surface area contributed by atoms with Gasteiger partial charge in [-0.25, -0.2) is 9.13 Å². The molecule has 0 bridgehead atoms. The van der Waals surface area contributed by atoms with Gasteiger partial charge in [0.15, 0.2) is 12.2 Å². The van der Waals surface area contributed by atoms with E-state index in [-0.39, 0.29) is 25.7 Å². The third-order valence-electron chi connectivity index (χ3n) is 19.4. The summed E-state index contributed by atoms with van der Waals surface area (Å²) < 4.78 is 68.6. The second-order valence-electron chi connectivity index (χ2n) is 30.3. The van der Waals surface area contributed by atoms with E-state index in [2.05, 4.69) is 65.8 Å². The zero-order chi connectivity index (χ0) is 75.6. The van der Waals surface area contributed by atoms with Crippen LogP contribution in [0.4, 0.5) is 0 Å².